The van der Waals surface area contributed by atoms with E-state index in [1.807, 2.05) is 36.2 Å². The number of H-pyrrole nitrogens is 1. The van der Waals surface area contributed by atoms with Crippen LogP contribution in [0.1, 0.15) is 24.4 Å². The summed E-state index contributed by atoms with van der Waals surface area (Å²) in [5.41, 5.74) is 1.07. The summed E-state index contributed by atoms with van der Waals surface area (Å²) in [6.07, 6.45) is 3.38. The van der Waals surface area contributed by atoms with E-state index >= 15 is 0 Å². The molecule has 1 aromatic carbocycles. The van der Waals surface area contributed by atoms with E-state index in [9.17, 15) is 4.79 Å². The minimum Gasteiger partial charge on any atom is -0.497 e. The summed E-state index contributed by atoms with van der Waals surface area (Å²) in [6.45, 7) is 2.14. The van der Waals surface area contributed by atoms with Crippen LogP contribution in [0.2, 0.25) is 0 Å². The monoisotopic (exact) mass is 384 g/mol. The third-order valence-corrected chi connectivity index (χ3v) is 5.43. The number of carbonyl (C=O) groups excluding carboxylic acids is 1. The van der Waals surface area contributed by atoms with Gasteiger partial charge < -0.3 is 14.5 Å². The van der Waals surface area contributed by atoms with Crippen molar-refractivity contribution in [3.05, 3.63) is 29.8 Å². The van der Waals surface area contributed by atoms with Gasteiger partial charge in [-0.05, 0) is 35.8 Å². The zero-order valence-electron chi connectivity index (χ0n) is 16.0. The standard InChI is InChI=1S/C18H24N8O2/c1-24(14-7-9-25(10-8-14)17-20-22-23-21-17)18(27)26-11-16(19-12-26)13-3-5-15(28-2)6-4-13/h3-6,12,14,16H,7-11H2,1-2H3,(H,20,21,22,23). The predicted octanol–water partition coefficient (Wildman–Crippen LogP) is 1.31. The molecule has 10 heteroatoms. The predicted molar refractivity (Wildman–Crippen MR) is 104 cm³/mol. The summed E-state index contributed by atoms with van der Waals surface area (Å²) in [6, 6.07) is 7.95. The molecular weight excluding hydrogens is 360 g/mol. The quantitative estimate of drug-likeness (QED) is 0.853. The molecule has 2 aliphatic rings. The van der Waals surface area contributed by atoms with Gasteiger partial charge in [-0.15, -0.1) is 5.10 Å². The lowest BCUT2D eigenvalue weighted by Crippen LogP contribution is -2.49. The van der Waals surface area contributed by atoms with Crippen LogP contribution in [0.25, 0.3) is 0 Å². The SMILES string of the molecule is COc1ccc(C2CN(C(=O)N(C)C3CCN(c4nn[nH]n4)CC3)C=N2)cc1. The Balaban J connectivity index is 1.31. The lowest BCUT2D eigenvalue weighted by atomic mass is 10.0. The summed E-state index contributed by atoms with van der Waals surface area (Å²) >= 11 is 0. The van der Waals surface area contributed by atoms with Gasteiger partial charge in [0.05, 0.1) is 26.0 Å². The van der Waals surface area contributed by atoms with Crippen LogP contribution in [0.15, 0.2) is 29.3 Å². The summed E-state index contributed by atoms with van der Waals surface area (Å²) in [5.74, 6) is 1.42. The summed E-state index contributed by atoms with van der Waals surface area (Å²) in [5, 5.41) is 14.1. The number of tetrazole rings is 1. The number of hydrogen-bond donors (Lipinski definition) is 1. The lowest BCUT2D eigenvalue weighted by Gasteiger charge is -2.37. The molecule has 1 saturated heterocycles. The maximum absolute atomic E-state index is 12.9. The van der Waals surface area contributed by atoms with Gasteiger partial charge in [-0.2, -0.15) is 5.21 Å². The Morgan fingerprint density at radius 1 is 1.25 bits per heavy atom. The topological polar surface area (TPSA) is 103 Å². The van der Waals surface area contributed by atoms with Crippen molar-refractivity contribution in [2.75, 3.05) is 38.7 Å². The molecule has 148 valence electrons. The Kier molecular flexibility index (Phi) is 5.09. The van der Waals surface area contributed by atoms with Gasteiger partial charge in [-0.3, -0.25) is 9.89 Å². The number of hydrogen-bond acceptors (Lipinski definition) is 7. The van der Waals surface area contributed by atoms with Gasteiger partial charge in [-0.1, -0.05) is 17.2 Å². The number of anilines is 1. The Labute approximate surface area is 163 Å². The number of benzene rings is 1. The van der Waals surface area contributed by atoms with E-state index in [1.165, 1.54) is 0 Å². The molecule has 10 nitrogen and oxygen atoms in total. The van der Waals surface area contributed by atoms with Gasteiger partial charge in [0.25, 0.3) is 5.95 Å². The fourth-order valence-corrected chi connectivity index (χ4v) is 3.69. The number of aromatic amines is 1. The number of carbonyl (C=O) groups is 1. The van der Waals surface area contributed by atoms with Crippen LogP contribution in [-0.4, -0.2) is 82.6 Å². The Morgan fingerprint density at radius 2 is 2.00 bits per heavy atom. The third-order valence-electron chi connectivity index (χ3n) is 5.43. The van der Waals surface area contributed by atoms with Crippen molar-refractivity contribution >= 4 is 18.3 Å². The molecule has 28 heavy (non-hydrogen) atoms. The van der Waals surface area contributed by atoms with Crippen molar-refractivity contribution in [2.45, 2.75) is 24.9 Å². The zero-order valence-corrected chi connectivity index (χ0v) is 16.0. The van der Waals surface area contributed by atoms with Crippen LogP contribution in [0, 0.1) is 0 Å². The maximum atomic E-state index is 12.9. The van der Waals surface area contributed by atoms with Crippen LogP contribution < -0.4 is 9.64 Å². The number of aromatic nitrogens is 4. The number of urea groups is 1. The number of ether oxygens (including phenoxy) is 1. The van der Waals surface area contributed by atoms with Crippen molar-refractivity contribution in [1.82, 2.24) is 30.4 Å². The summed E-state index contributed by atoms with van der Waals surface area (Å²) in [4.78, 5) is 23.0. The first-order chi connectivity index (χ1) is 13.7. The number of methoxy groups -OCH3 is 1. The molecule has 0 aliphatic carbocycles. The minimum atomic E-state index is -0.0386. The summed E-state index contributed by atoms with van der Waals surface area (Å²) < 4.78 is 5.19. The number of nitrogens with zero attached hydrogens (tertiary/aromatic N) is 7. The average molecular weight is 384 g/mol. The van der Waals surface area contributed by atoms with Crippen molar-refractivity contribution < 1.29 is 9.53 Å². The molecule has 0 bridgehead atoms. The highest BCUT2D eigenvalue weighted by Crippen LogP contribution is 2.26. The van der Waals surface area contributed by atoms with Gasteiger partial charge in [0, 0.05) is 26.2 Å². The van der Waals surface area contributed by atoms with E-state index in [1.54, 1.807) is 18.3 Å². The van der Waals surface area contributed by atoms with Crippen LogP contribution in [-0.2, 0) is 0 Å². The summed E-state index contributed by atoms with van der Waals surface area (Å²) in [7, 11) is 3.51. The van der Waals surface area contributed by atoms with E-state index in [0.29, 0.717) is 12.5 Å². The molecule has 0 saturated carbocycles. The molecule has 0 radical (unpaired) electrons. The first kappa shape index (κ1) is 18.2. The van der Waals surface area contributed by atoms with E-state index < -0.39 is 0 Å². The smallest absolute Gasteiger partial charge is 0.325 e. The van der Waals surface area contributed by atoms with E-state index in [-0.39, 0.29) is 18.1 Å². The second-order valence-electron chi connectivity index (χ2n) is 7.03. The van der Waals surface area contributed by atoms with E-state index in [2.05, 4.69) is 30.5 Å². The molecule has 3 heterocycles. The number of nitrogens with one attached hydrogen (secondary N) is 1. The van der Waals surface area contributed by atoms with Crippen LogP contribution in [0.4, 0.5) is 10.7 Å². The average Bonchev–Trinajstić information content (AvgIpc) is 3.45. The molecule has 1 unspecified atom stereocenters. The van der Waals surface area contributed by atoms with Gasteiger partial charge >= 0.3 is 6.03 Å². The van der Waals surface area contributed by atoms with Gasteiger partial charge in [0.15, 0.2) is 0 Å². The maximum Gasteiger partial charge on any atom is 0.325 e. The van der Waals surface area contributed by atoms with Crippen molar-refractivity contribution in [3.63, 3.8) is 0 Å². The van der Waals surface area contributed by atoms with E-state index in [0.717, 1.165) is 37.2 Å². The van der Waals surface area contributed by atoms with Gasteiger partial charge in [0.1, 0.15) is 5.75 Å². The first-order valence-electron chi connectivity index (χ1n) is 9.35. The number of rotatable bonds is 4. The van der Waals surface area contributed by atoms with Gasteiger partial charge in [0.2, 0.25) is 0 Å². The molecule has 2 amide bonds. The highest BCUT2D eigenvalue weighted by Gasteiger charge is 2.31. The number of piperidine rings is 1. The molecule has 1 N–H and O–H groups in total. The van der Waals surface area contributed by atoms with Crippen LogP contribution >= 0.6 is 0 Å². The minimum absolute atomic E-state index is 0.0160. The second-order valence-corrected chi connectivity index (χ2v) is 7.03. The molecule has 0 spiro atoms. The molecule has 2 aromatic rings. The van der Waals surface area contributed by atoms with Crippen LogP contribution in [0.5, 0.6) is 5.75 Å². The molecule has 4 rings (SSSR count). The van der Waals surface area contributed by atoms with E-state index in [4.69, 9.17) is 4.74 Å². The molecular formula is C18H24N8O2. The molecule has 1 fully saturated rings. The van der Waals surface area contributed by atoms with Crippen molar-refractivity contribution in [3.8, 4) is 5.75 Å². The highest BCUT2D eigenvalue weighted by molar-refractivity contribution is 5.87. The van der Waals surface area contributed by atoms with Gasteiger partial charge in [-0.25, -0.2) is 4.79 Å². The first-order valence-corrected chi connectivity index (χ1v) is 9.35. The Morgan fingerprint density at radius 3 is 2.64 bits per heavy atom. The largest absolute Gasteiger partial charge is 0.497 e. The third kappa shape index (κ3) is 3.62. The number of amides is 2. The number of aliphatic imine (C=N–C) groups is 1. The second kappa shape index (κ2) is 7.83. The Bertz CT molecular complexity index is 815. The zero-order chi connectivity index (χ0) is 19.5. The normalized spacial score (nSPS) is 19.9. The van der Waals surface area contributed by atoms with Crippen LogP contribution in [0.3, 0.4) is 0 Å². The fourth-order valence-electron chi connectivity index (χ4n) is 3.69. The van der Waals surface area contributed by atoms with Crippen molar-refractivity contribution in [1.29, 1.82) is 0 Å². The molecule has 2 aliphatic heterocycles. The molecule has 1 atom stereocenters. The molecule has 1 aromatic heterocycles. The lowest BCUT2D eigenvalue weighted by molar-refractivity contribution is 0.160. The Hall–Kier alpha value is -3.17. The van der Waals surface area contributed by atoms with Crippen molar-refractivity contribution in [2.24, 2.45) is 4.99 Å². The fraction of sp³-hybridized carbons (Fsp3) is 0.500. The highest BCUT2D eigenvalue weighted by atomic mass is 16.5.